The number of nitrogens with one attached hydrogen (secondary N) is 2. The topological polar surface area (TPSA) is 67.8 Å². The third-order valence-electron chi connectivity index (χ3n) is 3.56. The van der Waals surface area contributed by atoms with Gasteiger partial charge >= 0.3 is 0 Å². The molecule has 2 rings (SSSR count). The fraction of sp³-hybridized carbons (Fsp3) is 0.474. The zero-order valence-corrected chi connectivity index (χ0v) is 19.7. The molecule has 0 unspecified atom stereocenters. The minimum Gasteiger partial charge on any atom is -0.493 e. The van der Waals surface area contributed by atoms with Gasteiger partial charge in [-0.15, -0.1) is 35.3 Å². The van der Waals surface area contributed by atoms with Crippen LogP contribution in [0.1, 0.15) is 30.7 Å². The van der Waals surface area contributed by atoms with Crippen LogP contribution in [0.3, 0.4) is 0 Å². The lowest BCUT2D eigenvalue weighted by molar-refractivity contribution is 0.311. The SMILES string of the molecule is CCOc1cc(NC(=NC)NCc2cnc(CC(C)C)s2)ccc1OC.I. The second kappa shape index (κ2) is 12.0. The highest BCUT2D eigenvalue weighted by Gasteiger charge is 2.08. The Bertz CT molecular complexity index is 734. The van der Waals surface area contributed by atoms with E-state index in [2.05, 4.69) is 34.5 Å². The van der Waals surface area contributed by atoms with Crippen molar-refractivity contribution in [3.05, 3.63) is 34.3 Å². The second-order valence-electron chi connectivity index (χ2n) is 6.17. The molecular formula is C19H29IN4O2S. The molecule has 0 atom stereocenters. The van der Waals surface area contributed by atoms with Gasteiger partial charge in [0.15, 0.2) is 17.5 Å². The highest BCUT2D eigenvalue weighted by molar-refractivity contribution is 14.0. The summed E-state index contributed by atoms with van der Waals surface area (Å²) in [6, 6.07) is 5.71. The van der Waals surface area contributed by atoms with Gasteiger partial charge in [-0.05, 0) is 25.0 Å². The maximum absolute atomic E-state index is 5.62. The summed E-state index contributed by atoms with van der Waals surface area (Å²) in [7, 11) is 3.38. The van der Waals surface area contributed by atoms with Crippen LogP contribution in [-0.4, -0.2) is 31.7 Å². The lowest BCUT2D eigenvalue weighted by Crippen LogP contribution is -2.29. The molecule has 0 saturated carbocycles. The summed E-state index contributed by atoms with van der Waals surface area (Å²) in [5.74, 6) is 2.72. The van der Waals surface area contributed by atoms with E-state index in [0.717, 1.165) is 12.1 Å². The molecule has 1 aromatic carbocycles. The van der Waals surface area contributed by atoms with E-state index in [0.29, 0.717) is 36.5 Å². The number of guanidine groups is 1. The molecule has 0 amide bonds. The Morgan fingerprint density at radius 3 is 2.70 bits per heavy atom. The Morgan fingerprint density at radius 2 is 2.07 bits per heavy atom. The zero-order chi connectivity index (χ0) is 18.9. The van der Waals surface area contributed by atoms with E-state index in [1.807, 2.05) is 31.3 Å². The van der Waals surface area contributed by atoms with Crippen LogP contribution in [0.15, 0.2) is 29.4 Å². The van der Waals surface area contributed by atoms with E-state index in [1.54, 1.807) is 25.5 Å². The normalized spacial score (nSPS) is 11.1. The van der Waals surface area contributed by atoms with Crippen LogP contribution in [0, 0.1) is 5.92 Å². The number of ether oxygens (including phenoxy) is 2. The summed E-state index contributed by atoms with van der Waals surface area (Å²) >= 11 is 1.74. The Labute approximate surface area is 182 Å². The number of thiazole rings is 1. The molecule has 0 bridgehead atoms. The van der Waals surface area contributed by atoms with Gasteiger partial charge in [-0.2, -0.15) is 0 Å². The highest BCUT2D eigenvalue weighted by Crippen LogP contribution is 2.30. The Hall–Kier alpha value is -1.55. The quantitative estimate of drug-likeness (QED) is 0.314. The number of rotatable bonds is 8. The molecular weight excluding hydrogens is 475 g/mol. The molecule has 2 N–H and O–H groups in total. The van der Waals surface area contributed by atoms with Crippen molar-refractivity contribution in [2.24, 2.45) is 10.9 Å². The molecule has 0 saturated heterocycles. The van der Waals surface area contributed by atoms with Crippen LogP contribution >= 0.6 is 35.3 Å². The van der Waals surface area contributed by atoms with Crippen LogP contribution in [0.5, 0.6) is 11.5 Å². The van der Waals surface area contributed by atoms with E-state index in [9.17, 15) is 0 Å². The number of nitrogens with zero attached hydrogens (tertiary/aromatic N) is 2. The number of methoxy groups -OCH3 is 1. The van der Waals surface area contributed by atoms with Crippen molar-refractivity contribution in [3.63, 3.8) is 0 Å². The summed E-state index contributed by atoms with van der Waals surface area (Å²) in [5, 5.41) is 7.77. The fourth-order valence-corrected chi connectivity index (χ4v) is 3.46. The summed E-state index contributed by atoms with van der Waals surface area (Å²) < 4.78 is 10.9. The van der Waals surface area contributed by atoms with Gasteiger partial charge in [-0.1, -0.05) is 13.8 Å². The predicted octanol–water partition coefficient (Wildman–Crippen LogP) is 4.55. The molecule has 8 heteroatoms. The van der Waals surface area contributed by atoms with Crippen LogP contribution < -0.4 is 20.1 Å². The predicted molar refractivity (Wildman–Crippen MR) is 124 cm³/mol. The number of halogens is 1. The standard InChI is InChI=1S/C19H28N4O2S.HI/c1-6-25-17-10-14(7-8-16(17)24-5)23-19(20-4)22-12-15-11-21-18(26-15)9-13(2)3;/h7-8,10-11,13H,6,9,12H2,1-5H3,(H2,20,22,23);1H. The minimum absolute atomic E-state index is 0. The Kier molecular flexibility index (Phi) is 10.5. The van der Waals surface area contributed by atoms with Crippen molar-refractivity contribution in [2.75, 3.05) is 26.1 Å². The molecule has 1 aromatic heterocycles. The largest absolute Gasteiger partial charge is 0.493 e. The van der Waals surface area contributed by atoms with Crippen molar-refractivity contribution in [2.45, 2.75) is 33.7 Å². The minimum atomic E-state index is 0. The third kappa shape index (κ3) is 7.53. The molecule has 27 heavy (non-hydrogen) atoms. The summed E-state index contributed by atoms with van der Waals surface area (Å²) in [6.07, 6.45) is 2.95. The first-order chi connectivity index (χ1) is 12.5. The van der Waals surface area contributed by atoms with Crippen LogP contribution in [0.4, 0.5) is 5.69 Å². The van der Waals surface area contributed by atoms with Gasteiger partial charge in [0, 0.05) is 36.3 Å². The van der Waals surface area contributed by atoms with Crippen LogP contribution in [0.2, 0.25) is 0 Å². The van der Waals surface area contributed by atoms with Gasteiger partial charge in [0.05, 0.1) is 25.3 Å². The number of anilines is 1. The number of hydrogen-bond acceptors (Lipinski definition) is 5. The molecule has 0 fully saturated rings. The van der Waals surface area contributed by atoms with Gasteiger partial charge in [-0.25, -0.2) is 4.98 Å². The zero-order valence-electron chi connectivity index (χ0n) is 16.5. The molecule has 1 heterocycles. The van der Waals surface area contributed by atoms with E-state index in [-0.39, 0.29) is 24.0 Å². The van der Waals surface area contributed by atoms with Crippen molar-refractivity contribution in [1.29, 1.82) is 0 Å². The number of aliphatic imine (C=N–C) groups is 1. The summed E-state index contributed by atoms with van der Waals surface area (Å²) in [4.78, 5) is 9.95. The summed E-state index contributed by atoms with van der Waals surface area (Å²) in [6.45, 7) is 7.62. The highest BCUT2D eigenvalue weighted by atomic mass is 127. The molecule has 150 valence electrons. The van der Waals surface area contributed by atoms with E-state index in [1.165, 1.54) is 9.88 Å². The van der Waals surface area contributed by atoms with Gasteiger partial charge in [-0.3, -0.25) is 4.99 Å². The van der Waals surface area contributed by atoms with Crippen LogP contribution in [0.25, 0.3) is 0 Å². The number of aromatic nitrogens is 1. The molecule has 0 radical (unpaired) electrons. The molecule has 2 aromatic rings. The van der Waals surface area contributed by atoms with E-state index >= 15 is 0 Å². The average molecular weight is 504 g/mol. The van der Waals surface area contributed by atoms with Crippen molar-refractivity contribution >= 4 is 47.0 Å². The average Bonchev–Trinajstić information content (AvgIpc) is 3.05. The number of hydrogen-bond donors (Lipinski definition) is 2. The van der Waals surface area contributed by atoms with Gasteiger partial charge in [0.1, 0.15) is 0 Å². The molecule has 0 aliphatic rings. The maximum Gasteiger partial charge on any atom is 0.195 e. The van der Waals surface area contributed by atoms with Gasteiger partial charge < -0.3 is 20.1 Å². The van der Waals surface area contributed by atoms with E-state index < -0.39 is 0 Å². The van der Waals surface area contributed by atoms with Crippen molar-refractivity contribution in [3.8, 4) is 11.5 Å². The van der Waals surface area contributed by atoms with E-state index in [4.69, 9.17) is 9.47 Å². The number of benzene rings is 1. The Balaban J connectivity index is 0.00000364. The lowest BCUT2D eigenvalue weighted by Gasteiger charge is -2.14. The van der Waals surface area contributed by atoms with Gasteiger partial charge in [0.25, 0.3) is 0 Å². The molecule has 0 aliphatic heterocycles. The van der Waals surface area contributed by atoms with Gasteiger partial charge in [0.2, 0.25) is 0 Å². The molecule has 6 nitrogen and oxygen atoms in total. The molecule has 0 spiro atoms. The second-order valence-corrected chi connectivity index (χ2v) is 7.37. The first-order valence-corrected chi connectivity index (χ1v) is 9.59. The summed E-state index contributed by atoms with van der Waals surface area (Å²) in [5.41, 5.74) is 0.882. The Morgan fingerprint density at radius 1 is 1.30 bits per heavy atom. The third-order valence-corrected chi connectivity index (χ3v) is 4.58. The van der Waals surface area contributed by atoms with Crippen molar-refractivity contribution in [1.82, 2.24) is 10.3 Å². The lowest BCUT2D eigenvalue weighted by atomic mass is 10.1. The smallest absolute Gasteiger partial charge is 0.195 e. The first-order valence-electron chi connectivity index (χ1n) is 8.77. The molecule has 0 aliphatic carbocycles. The fourth-order valence-electron chi connectivity index (χ4n) is 2.38. The monoisotopic (exact) mass is 504 g/mol. The van der Waals surface area contributed by atoms with Crippen molar-refractivity contribution < 1.29 is 9.47 Å². The van der Waals surface area contributed by atoms with Crippen LogP contribution in [-0.2, 0) is 13.0 Å². The first kappa shape index (κ1) is 23.5. The maximum atomic E-state index is 5.62.